The first kappa shape index (κ1) is 21.6. The van der Waals surface area contributed by atoms with E-state index >= 15 is 0 Å². The van der Waals surface area contributed by atoms with Crippen molar-refractivity contribution in [3.8, 4) is 5.75 Å². The van der Waals surface area contributed by atoms with E-state index in [9.17, 15) is 9.59 Å². The number of ether oxygens (including phenoxy) is 1. The molecular weight excluding hydrogens is 390 g/mol. The Morgan fingerprint density at radius 2 is 1.68 bits per heavy atom. The van der Waals surface area contributed by atoms with Crippen LogP contribution >= 0.6 is 0 Å². The fourth-order valence-electron chi connectivity index (χ4n) is 2.83. The fourth-order valence-corrected chi connectivity index (χ4v) is 2.83. The molecule has 0 fully saturated rings. The molecule has 0 unspecified atom stereocenters. The zero-order valence-electron chi connectivity index (χ0n) is 17.1. The van der Waals surface area contributed by atoms with Gasteiger partial charge in [0.15, 0.2) is 0 Å². The Morgan fingerprint density at radius 1 is 0.903 bits per heavy atom. The van der Waals surface area contributed by atoms with Gasteiger partial charge in [0.2, 0.25) is 5.91 Å². The Kier molecular flexibility index (Phi) is 7.83. The predicted molar refractivity (Wildman–Crippen MR) is 123 cm³/mol. The Hall–Kier alpha value is -4.06. The van der Waals surface area contributed by atoms with E-state index < -0.39 is 0 Å². The number of benzene rings is 3. The molecule has 0 atom stereocenters. The van der Waals surface area contributed by atoms with E-state index in [2.05, 4.69) is 22.5 Å². The molecule has 3 N–H and O–H groups in total. The van der Waals surface area contributed by atoms with Crippen LogP contribution in [-0.4, -0.2) is 25.0 Å². The number of anilines is 2. The highest BCUT2D eigenvalue weighted by Gasteiger charge is 2.08. The first-order chi connectivity index (χ1) is 15.1. The molecule has 3 aromatic rings. The molecule has 6 nitrogen and oxygen atoms in total. The number of hydrogen-bond acceptors (Lipinski definition) is 4. The highest BCUT2D eigenvalue weighted by atomic mass is 16.5. The normalized spacial score (nSPS) is 10.1. The number of carbonyl (C=O) groups excluding carboxylic acids is 2. The summed E-state index contributed by atoms with van der Waals surface area (Å²) in [6, 6.07) is 23.9. The van der Waals surface area contributed by atoms with Crippen LogP contribution in [-0.2, 0) is 11.3 Å². The Bertz CT molecular complexity index is 1020. The summed E-state index contributed by atoms with van der Waals surface area (Å²) < 4.78 is 5.43. The van der Waals surface area contributed by atoms with Crippen LogP contribution in [0.1, 0.15) is 15.9 Å². The van der Waals surface area contributed by atoms with Crippen LogP contribution in [0, 0.1) is 0 Å². The van der Waals surface area contributed by atoms with Gasteiger partial charge in [-0.15, -0.1) is 0 Å². The molecule has 0 heterocycles. The van der Waals surface area contributed by atoms with E-state index in [-0.39, 0.29) is 18.4 Å². The third-order valence-corrected chi connectivity index (χ3v) is 4.38. The van der Waals surface area contributed by atoms with Crippen LogP contribution in [0.15, 0.2) is 91.5 Å². The van der Waals surface area contributed by atoms with E-state index in [4.69, 9.17) is 4.74 Å². The van der Waals surface area contributed by atoms with Gasteiger partial charge in [-0.1, -0.05) is 49.1 Å². The van der Waals surface area contributed by atoms with Crippen molar-refractivity contribution >= 4 is 23.2 Å². The molecule has 0 bridgehead atoms. The number of hydrogen-bond donors (Lipinski definition) is 3. The largest absolute Gasteiger partial charge is 0.490 e. The van der Waals surface area contributed by atoms with Gasteiger partial charge in [-0.3, -0.25) is 9.59 Å². The predicted octanol–water partition coefficient (Wildman–Crippen LogP) is 4.23. The van der Waals surface area contributed by atoms with Crippen molar-refractivity contribution in [2.45, 2.75) is 6.54 Å². The molecular formula is C25H25N3O3. The van der Waals surface area contributed by atoms with Gasteiger partial charge in [-0.2, -0.15) is 0 Å². The van der Waals surface area contributed by atoms with Crippen molar-refractivity contribution in [1.29, 1.82) is 0 Å². The molecule has 3 rings (SSSR count). The van der Waals surface area contributed by atoms with Crippen LogP contribution in [0.25, 0.3) is 0 Å². The first-order valence-corrected chi connectivity index (χ1v) is 9.94. The topological polar surface area (TPSA) is 79.5 Å². The summed E-state index contributed by atoms with van der Waals surface area (Å²) in [6.07, 6.45) is 1.68. The second-order valence-electron chi connectivity index (χ2n) is 6.77. The molecule has 0 aliphatic heterocycles. The van der Waals surface area contributed by atoms with Crippen molar-refractivity contribution in [3.05, 3.63) is 103 Å². The summed E-state index contributed by atoms with van der Waals surface area (Å²) in [6.45, 7) is 4.59. The zero-order valence-corrected chi connectivity index (χ0v) is 17.1. The van der Waals surface area contributed by atoms with Crippen molar-refractivity contribution in [2.24, 2.45) is 0 Å². The monoisotopic (exact) mass is 415 g/mol. The van der Waals surface area contributed by atoms with Crippen LogP contribution in [0.3, 0.4) is 0 Å². The summed E-state index contributed by atoms with van der Waals surface area (Å²) in [5.74, 6) is 0.322. The third kappa shape index (κ3) is 7.04. The lowest BCUT2D eigenvalue weighted by molar-refractivity contribution is -0.114. The lowest BCUT2D eigenvalue weighted by atomic mass is 10.1. The summed E-state index contributed by atoms with van der Waals surface area (Å²) in [5, 5.41) is 8.74. The second-order valence-corrected chi connectivity index (χ2v) is 6.77. The van der Waals surface area contributed by atoms with Crippen LogP contribution in [0.2, 0.25) is 0 Å². The maximum atomic E-state index is 12.4. The molecule has 2 amide bonds. The molecule has 3 aromatic carbocycles. The molecule has 0 aliphatic carbocycles. The lowest BCUT2D eigenvalue weighted by Gasteiger charge is -2.10. The van der Waals surface area contributed by atoms with Crippen molar-refractivity contribution < 1.29 is 14.3 Å². The van der Waals surface area contributed by atoms with Crippen molar-refractivity contribution in [3.63, 3.8) is 0 Å². The fraction of sp³-hybridized carbons (Fsp3) is 0.120. The number of nitrogens with one attached hydrogen (secondary N) is 3. The highest BCUT2D eigenvalue weighted by molar-refractivity contribution is 5.98. The Morgan fingerprint density at radius 3 is 2.42 bits per heavy atom. The average Bonchev–Trinajstić information content (AvgIpc) is 2.81. The maximum absolute atomic E-state index is 12.4. The minimum Gasteiger partial charge on any atom is -0.490 e. The summed E-state index contributed by atoms with van der Waals surface area (Å²) >= 11 is 0. The van der Waals surface area contributed by atoms with Crippen LogP contribution < -0.4 is 20.7 Å². The Balaban J connectivity index is 1.48. The smallest absolute Gasteiger partial charge is 0.251 e. The van der Waals surface area contributed by atoms with Gasteiger partial charge in [-0.25, -0.2) is 0 Å². The molecule has 0 aromatic heterocycles. The highest BCUT2D eigenvalue weighted by Crippen LogP contribution is 2.16. The molecule has 6 heteroatoms. The van der Waals surface area contributed by atoms with Gasteiger partial charge < -0.3 is 20.7 Å². The van der Waals surface area contributed by atoms with Gasteiger partial charge in [0.05, 0.1) is 6.54 Å². The van der Waals surface area contributed by atoms with Crippen molar-refractivity contribution in [1.82, 2.24) is 5.32 Å². The van der Waals surface area contributed by atoms with E-state index in [1.165, 1.54) is 0 Å². The SMILES string of the molecule is C=CCOc1ccc(NCC(=O)Nc2cccc(C(=O)NCc3ccccc3)c2)cc1. The van der Waals surface area contributed by atoms with Gasteiger partial charge in [0.1, 0.15) is 12.4 Å². The molecule has 158 valence electrons. The number of rotatable bonds is 10. The zero-order chi connectivity index (χ0) is 21.9. The molecule has 0 spiro atoms. The quantitative estimate of drug-likeness (QED) is 0.433. The summed E-state index contributed by atoms with van der Waals surface area (Å²) in [4.78, 5) is 24.7. The van der Waals surface area contributed by atoms with E-state index in [0.29, 0.717) is 24.4 Å². The van der Waals surface area contributed by atoms with Gasteiger partial charge in [-0.05, 0) is 48.0 Å². The van der Waals surface area contributed by atoms with Crippen LogP contribution in [0.4, 0.5) is 11.4 Å². The van der Waals surface area contributed by atoms with E-state index in [1.807, 2.05) is 54.6 Å². The van der Waals surface area contributed by atoms with Crippen LogP contribution in [0.5, 0.6) is 5.75 Å². The maximum Gasteiger partial charge on any atom is 0.251 e. The number of carbonyl (C=O) groups is 2. The van der Waals surface area contributed by atoms with Gasteiger partial charge >= 0.3 is 0 Å². The minimum absolute atomic E-state index is 0.0945. The lowest BCUT2D eigenvalue weighted by Crippen LogP contribution is -2.24. The summed E-state index contributed by atoms with van der Waals surface area (Å²) in [7, 11) is 0. The third-order valence-electron chi connectivity index (χ3n) is 4.38. The van der Waals surface area contributed by atoms with Gasteiger partial charge in [0, 0.05) is 23.5 Å². The Labute approximate surface area is 181 Å². The minimum atomic E-state index is -0.214. The summed E-state index contributed by atoms with van der Waals surface area (Å²) in [5.41, 5.74) is 2.87. The molecule has 0 saturated heterocycles. The van der Waals surface area contributed by atoms with Crippen molar-refractivity contribution in [2.75, 3.05) is 23.8 Å². The van der Waals surface area contributed by atoms with Gasteiger partial charge in [0.25, 0.3) is 5.91 Å². The average molecular weight is 415 g/mol. The van der Waals surface area contributed by atoms with E-state index in [1.54, 1.807) is 30.3 Å². The van der Waals surface area contributed by atoms with E-state index in [0.717, 1.165) is 17.0 Å². The number of amides is 2. The standard InChI is InChI=1S/C25H25N3O3/c1-2-15-31-23-13-11-21(12-14-23)26-18-24(29)28-22-10-6-9-20(16-22)25(30)27-17-19-7-4-3-5-8-19/h2-14,16,26H,1,15,17-18H2,(H,27,30)(H,28,29). The first-order valence-electron chi connectivity index (χ1n) is 9.94. The molecule has 31 heavy (non-hydrogen) atoms. The second kappa shape index (κ2) is 11.2. The molecule has 0 saturated carbocycles. The molecule has 0 radical (unpaired) electrons. The molecule has 0 aliphatic rings.